The maximum atomic E-state index is 13.0. The Hall–Kier alpha value is -4.70. The van der Waals surface area contributed by atoms with Crippen LogP contribution in [0.1, 0.15) is 24.8 Å². The summed E-state index contributed by atoms with van der Waals surface area (Å²) in [6.45, 7) is 0.656. The molecule has 0 N–H and O–H groups in total. The average Bonchev–Trinajstić information content (AvgIpc) is 3.37. The van der Waals surface area contributed by atoms with Gasteiger partial charge in [-0.1, -0.05) is 66.7 Å². The van der Waals surface area contributed by atoms with Crippen molar-refractivity contribution in [2.75, 3.05) is 18.5 Å². The lowest BCUT2D eigenvalue weighted by molar-refractivity contribution is -0.132. The molecule has 4 aromatic rings. The van der Waals surface area contributed by atoms with Gasteiger partial charge in [0.2, 0.25) is 11.8 Å². The normalized spacial score (nSPS) is 10.5. The lowest BCUT2D eigenvalue weighted by Gasteiger charge is -2.22. The van der Waals surface area contributed by atoms with Crippen molar-refractivity contribution >= 4 is 17.5 Å². The van der Waals surface area contributed by atoms with Crippen molar-refractivity contribution in [2.24, 2.45) is 0 Å². The minimum Gasteiger partial charge on any atom is -0.341 e. The van der Waals surface area contributed by atoms with E-state index in [1.807, 2.05) is 102 Å². The molecule has 7 heteroatoms. The number of anilines is 1. The van der Waals surface area contributed by atoms with Crippen LogP contribution in [0.3, 0.4) is 0 Å². The zero-order valence-electron chi connectivity index (χ0n) is 20.8. The molecule has 0 fully saturated rings. The van der Waals surface area contributed by atoms with Crippen LogP contribution in [-0.4, -0.2) is 40.1 Å². The van der Waals surface area contributed by atoms with Crippen molar-refractivity contribution in [3.63, 3.8) is 0 Å². The van der Waals surface area contributed by atoms with Crippen LogP contribution in [0.5, 0.6) is 0 Å². The quantitative estimate of drug-likeness (QED) is 0.304. The first-order valence-corrected chi connectivity index (χ1v) is 12.2. The molecule has 186 valence electrons. The monoisotopic (exact) mass is 491 g/mol. The van der Waals surface area contributed by atoms with Crippen molar-refractivity contribution in [3.8, 4) is 23.0 Å². The highest BCUT2D eigenvalue weighted by atomic mass is 16.2. The fourth-order valence-electron chi connectivity index (χ4n) is 4.13. The molecule has 0 atom stereocenters. The molecule has 7 nitrogen and oxygen atoms in total. The number of hydrogen-bond donors (Lipinski definition) is 0. The van der Waals surface area contributed by atoms with Crippen molar-refractivity contribution in [3.05, 3.63) is 103 Å². The molecule has 37 heavy (non-hydrogen) atoms. The number of benzene rings is 3. The highest BCUT2D eigenvalue weighted by Crippen LogP contribution is 2.25. The van der Waals surface area contributed by atoms with Crippen molar-refractivity contribution in [1.82, 2.24) is 14.7 Å². The van der Waals surface area contributed by atoms with Crippen molar-refractivity contribution in [2.45, 2.75) is 25.8 Å². The Morgan fingerprint density at radius 3 is 2.11 bits per heavy atom. The van der Waals surface area contributed by atoms with E-state index in [4.69, 9.17) is 10.4 Å². The third kappa shape index (κ3) is 6.50. The number of rotatable bonds is 10. The SMILES string of the molecule is CN(Cc1cn(-c2ccccc2)nc1-c1ccccc1)C(=O)CCC(=O)N(CCC#N)c1ccccc1. The largest absolute Gasteiger partial charge is 0.341 e. The zero-order chi connectivity index (χ0) is 26.0. The maximum absolute atomic E-state index is 13.0. The fraction of sp³-hybridized carbons (Fsp3) is 0.200. The first kappa shape index (κ1) is 25.4. The summed E-state index contributed by atoms with van der Waals surface area (Å²) in [4.78, 5) is 29.2. The summed E-state index contributed by atoms with van der Waals surface area (Å²) in [7, 11) is 1.74. The van der Waals surface area contributed by atoms with E-state index in [0.29, 0.717) is 13.1 Å². The second-order valence-corrected chi connectivity index (χ2v) is 8.69. The summed E-state index contributed by atoms with van der Waals surface area (Å²) in [5.74, 6) is -0.307. The van der Waals surface area contributed by atoms with Crippen LogP contribution in [0.15, 0.2) is 97.2 Å². The Morgan fingerprint density at radius 2 is 1.46 bits per heavy atom. The molecule has 0 aliphatic carbocycles. The number of para-hydroxylation sites is 2. The van der Waals surface area contributed by atoms with E-state index in [1.54, 1.807) is 16.8 Å². The number of nitrogens with zero attached hydrogens (tertiary/aromatic N) is 5. The molecule has 0 radical (unpaired) electrons. The first-order chi connectivity index (χ1) is 18.1. The van der Waals surface area contributed by atoms with Gasteiger partial charge in [-0.05, 0) is 24.3 Å². The molecular weight excluding hydrogens is 462 g/mol. The Balaban J connectivity index is 1.46. The molecule has 0 saturated carbocycles. The molecular formula is C30H29N5O2. The minimum absolute atomic E-state index is 0.0678. The van der Waals surface area contributed by atoms with E-state index in [0.717, 1.165) is 28.2 Å². The summed E-state index contributed by atoms with van der Waals surface area (Å²) in [5, 5.41) is 13.8. The van der Waals surface area contributed by atoms with Gasteiger partial charge in [0.15, 0.2) is 0 Å². The molecule has 0 unspecified atom stereocenters. The summed E-state index contributed by atoms with van der Waals surface area (Å²) >= 11 is 0. The smallest absolute Gasteiger partial charge is 0.227 e. The van der Waals surface area contributed by atoms with Crippen LogP contribution in [-0.2, 0) is 16.1 Å². The van der Waals surface area contributed by atoms with Crippen molar-refractivity contribution < 1.29 is 9.59 Å². The molecule has 0 bridgehead atoms. The average molecular weight is 492 g/mol. The van der Waals surface area contributed by atoms with Crippen LogP contribution in [0, 0.1) is 11.3 Å². The van der Waals surface area contributed by atoms with E-state index in [-0.39, 0.29) is 31.1 Å². The molecule has 4 rings (SSSR count). The maximum Gasteiger partial charge on any atom is 0.227 e. The molecule has 0 saturated heterocycles. The number of carbonyl (C=O) groups excluding carboxylic acids is 2. The summed E-state index contributed by atoms with van der Waals surface area (Å²) < 4.78 is 1.83. The molecule has 2 amide bonds. The highest BCUT2D eigenvalue weighted by Gasteiger charge is 2.20. The van der Waals surface area contributed by atoms with E-state index >= 15 is 0 Å². The van der Waals surface area contributed by atoms with Crippen LogP contribution >= 0.6 is 0 Å². The standard InChI is InChI=1S/C30H29N5O2/c1-33(28(36)18-19-29(37)34(21-11-20-31)26-14-7-3-8-15-26)22-25-23-35(27-16-9-4-10-17-27)32-30(25)24-12-5-2-6-13-24/h2-10,12-17,23H,11,18-19,21-22H2,1H3. The minimum atomic E-state index is -0.176. The van der Waals surface area contributed by atoms with E-state index in [1.165, 1.54) is 0 Å². The van der Waals surface area contributed by atoms with Gasteiger partial charge in [0.1, 0.15) is 0 Å². The summed E-state index contributed by atoms with van der Waals surface area (Å²) in [6, 6.07) is 31.1. The lowest BCUT2D eigenvalue weighted by Crippen LogP contribution is -2.33. The number of nitriles is 1. The molecule has 0 aliphatic heterocycles. The molecule has 3 aromatic carbocycles. The highest BCUT2D eigenvalue weighted by molar-refractivity contribution is 5.95. The predicted octanol–water partition coefficient (Wildman–Crippen LogP) is 5.22. The van der Waals surface area contributed by atoms with Gasteiger partial charge in [0.05, 0.1) is 23.9 Å². The summed E-state index contributed by atoms with van der Waals surface area (Å²) in [5.41, 5.74) is 4.36. The Morgan fingerprint density at radius 1 is 0.865 bits per heavy atom. The van der Waals surface area contributed by atoms with Gasteiger partial charge in [-0.25, -0.2) is 4.68 Å². The van der Waals surface area contributed by atoms with Gasteiger partial charge in [-0.3, -0.25) is 9.59 Å². The fourth-order valence-corrected chi connectivity index (χ4v) is 4.13. The summed E-state index contributed by atoms with van der Waals surface area (Å²) in [6.07, 6.45) is 2.32. The molecule has 1 heterocycles. The van der Waals surface area contributed by atoms with Gasteiger partial charge in [0.25, 0.3) is 0 Å². The van der Waals surface area contributed by atoms with Crippen LogP contribution in [0.4, 0.5) is 5.69 Å². The Bertz CT molecular complexity index is 1360. The molecule has 0 aliphatic rings. The van der Waals surface area contributed by atoms with E-state index < -0.39 is 0 Å². The molecule has 0 spiro atoms. The lowest BCUT2D eigenvalue weighted by atomic mass is 10.1. The number of carbonyl (C=O) groups is 2. The van der Waals surface area contributed by atoms with Gasteiger partial charge in [-0.15, -0.1) is 0 Å². The third-order valence-corrected chi connectivity index (χ3v) is 6.06. The second-order valence-electron chi connectivity index (χ2n) is 8.69. The van der Waals surface area contributed by atoms with E-state index in [2.05, 4.69) is 6.07 Å². The second kappa shape index (κ2) is 12.3. The molecule has 1 aromatic heterocycles. The van der Waals surface area contributed by atoms with Gasteiger partial charge < -0.3 is 9.80 Å². The van der Waals surface area contributed by atoms with E-state index in [9.17, 15) is 9.59 Å². The van der Waals surface area contributed by atoms with Crippen LogP contribution in [0.25, 0.3) is 16.9 Å². The van der Waals surface area contributed by atoms with Gasteiger partial charge >= 0.3 is 0 Å². The van der Waals surface area contributed by atoms with Crippen molar-refractivity contribution in [1.29, 1.82) is 5.26 Å². The predicted molar refractivity (Wildman–Crippen MR) is 144 cm³/mol. The zero-order valence-corrected chi connectivity index (χ0v) is 20.8. The van der Waals surface area contributed by atoms with Gasteiger partial charge in [-0.2, -0.15) is 10.4 Å². The van der Waals surface area contributed by atoms with Crippen LogP contribution in [0.2, 0.25) is 0 Å². The number of hydrogen-bond acceptors (Lipinski definition) is 4. The number of amides is 2. The topological polar surface area (TPSA) is 82.2 Å². The first-order valence-electron chi connectivity index (χ1n) is 12.2. The Kier molecular flexibility index (Phi) is 8.45. The van der Waals surface area contributed by atoms with Crippen LogP contribution < -0.4 is 4.90 Å². The third-order valence-electron chi connectivity index (χ3n) is 6.06. The Labute approximate surface area is 217 Å². The van der Waals surface area contributed by atoms with Gasteiger partial charge in [0, 0.05) is 56.0 Å². The number of aromatic nitrogens is 2.